The van der Waals surface area contributed by atoms with Crippen molar-refractivity contribution in [1.29, 1.82) is 0 Å². The van der Waals surface area contributed by atoms with Crippen molar-refractivity contribution in [3.8, 4) is 0 Å². The molecule has 1 aromatic rings. The van der Waals surface area contributed by atoms with Crippen molar-refractivity contribution in [2.45, 2.75) is 38.4 Å². The lowest BCUT2D eigenvalue weighted by atomic mass is 10.1. The van der Waals surface area contributed by atoms with Gasteiger partial charge in [-0.1, -0.05) is 59.6 Å². The van der Waals surface area contributed by atoms with Gasteiger partial charge in [-0.05, 0) is 24.8 Å². The van der Waals surface area contributed by atoms with Crippen molar-refractivity contribution in [1.82, 2.24) is 5.32 Å². The molecule has 18 heavy (non-hydrogen) atoms. The van der Waals surface area contributed by atoms with E-state index in [1.54, 1.807) is 0 Å². The highest BCUT2D eigenvalue weighted by molar-refractivity contribution is 9.09. The zero-order valence-electron chi connectivity index (χ0n) is 11.4. The summed E-state index contributed by atoms with van der Waals surface area (Å²) < 4.78 is 0. The van der Waals surface area contributed by atoms with Crippen LogP contribution in [0.15, 0.2) is 24.3 Å². The molecule has 0 saturated heterocycles. The molecule has 0 fully saturated rings. The molecule has 0 spiro atoms. The Labute approximate surface area is 118 Å². The Kier molecular flexibility index (Phi) is 6.41. The minimum absolute atomic E-state index is 0.126. The molecular formula is C15H22BrNO. The standard InChI is InChI=1S/C15H22BrNO/c1-11(2)14(16)10-17-15(18)9-8-13-6-4-12(3)5-7-13/h4-7,11,14H,8-10H2,1-3H3,(H,17,18). The van der Waals surface area contributed by atoms with E-state index in [9.17, 15) is 4.79 Å². The lowest BCUT2D eigenvalue weighted by molar-refractivity contribution is -0.121. The van der Waals surface area contributed by atoms with Gasteiger partial charge in [0.15, 0.2) is 0 Å². The smallest absolute Gasteiger partial charge is 0.220 e. The number of halogens is 1. The third-order valence-electron chi connectivity index (χ3n) is 2.98. The van der Waals surface area contributed by atoms with Crippen LogP contribution in [0.1, 0.15) is 31.4 Å². The fraction of sp³-hybridized carbons (Fsp3) is 0.533. The number of nitrogens with one attached hydrogen (secondary N) is 1. The summed E-state index contributed by atoms with van der Waals surface area (Å²) in [6.07, 6.45) is 1.36. The number of rotatable bonds is 6. The topological polar surface area (TPSA) is 29.1 Å². The average Bonchev–Trinajstić information content (AvgIpc) is 2.35. The Morgan fingerprint density at radius 1 is 1.28 bits per heavy atom. The highest BCUT2D eigenvalue weighted by atomic mass is 79.9. The monoisotopic (exact) mass is 311 g/mol. The Bertz CT molecular complexity index is 373. The molecule has 1 unspecified atom stereocenters. The predicted octanol–water partition coefficient (Wildman–Crippen LogP) is 3.46. The average molecular weight is 312 g/mol. The van der Waals surface area contributed by atoms with Crippen LogP contribution in [-0.4, -0.2) is 17.3 Å². The number of benzene rings is 1. The van der Waals surface area contributed by atoms with Crippen molar-refractivity contribution >= 4 is 21.8 Å². The first kappa shape index (κ1) is 15.2. The van der Waals surface area contributed by atoms with Gasteiger partial charge in [-0.2, -0.15) is 0 Å². The fourth-order valence-electron chi connectivity index (χ4n) is 1.55. The van der Waals surface area contributed by atoms with E-state index in [1.807, 2.05) is 0 Å². The number of hydrogen-bond acceptors (Lipinski definition) is 1. The van der Waals surface area contributed by atoms with Gasteiger partial charge < -0.3 is 5.32 Å². The number of carbonyl (C=O) groups is 1. The molecule has 1 aromatic carbocycles. The molecule has 1 atom stereocenters. The number of hydrogen-bond donors (Lipinski definition) is 1. The summed E-state index contributed by atoms with van der Waals surface area (Å²) in [6.45, 7) is 7.04. The first-order valence-electron chi connectivity index (χ1n) is 6.45. The van der Waals surface area contributed by atoms with E-state index in [4.69, 9.17) is 0 Å². The molecule has 1 N–H and O–H groups in total. The summed E-state index contributed by atoms with van der Waals surface area (Å²) in [5, 5.41) is 2.96. The Hall–Kier alpha value is -0.830. The maximum atomic E-state index is 11.7. The van der Waals surface area contributed by atoms with Crippen LogP contribution in [0.5, 0.6) is 0 Å². The fourth-order valence-corrected chi connectivity index (χ4v) is 1.71. The van der Waals surface area contributed by atoms with Gasteiger partial charge >= 0.3 is 0 Å². The van der Waals surface area contributed by atoms with Gasteiger partial charge in [0.05, 0.1) is 0 Å². The van der Waals surface area contributed by atoms with Crippen LogP contribution in [-0.2, 0) is 11.2 Å². The molecule has 3 heteroatoms. The lowest BCUT2D eigenvalue weighted by Gasteiger charge is -2.14. The molecular weight excluding hydrogens is 290 g/mol. The van der Waals surface area contributed by atoms with E-state index in [2.05, 4.69) is 66.3 Å². The van der Waals surface area contributed by atoms with Crippen LogP contribution in [0.4, 0.5) is 0 Å². The summed E-state index contributed by atoms with van der Waals surface area (Å²) in [5.74, 6) is 0.656. The summed E-state index contributed by atoms with van der Waals surface area (Å²) >= 11 is 3.56. The van der Waals surface area contributed by atoms with E-state index in [1.165, 1.54) is 11.1 Å². The minimum atomic E-state index is 0.126. The molecule has 0 aromatic heterocycles. The molecule has 1 rings (SSSR count). The molecule has 0 aliphatic rings. The third-order valence-corrected chi connectivity index (χ3v) is 4.36. The second-order valence-corrected chi connectivity index (χ2v) is 6.23. The number of amides is 1. The summed E-state index contributed by atoms with van der Waals surface area (Å²) in [4.78, 5) is 12.0. The molecule has 2 nitrogen and oxygen atoms in total. The highest BCUT2D eigenvalue weighted by Crippen LogP contribution is 2.10. The lowest BCUT2D eigenvalue weighted by Crippen LogP contribution is -2.31. The number of aryl methyl sites for hydroxylation is 2. The molecule has 0 heterocycles. The van der Waals surface area contributed by atoms with Gasteiger partial charge in [0.2, 0.25) is 5.91 Å². The van der Waals surface area contributed by atoms with Crippen molar-refractivity contribution in [2.24, 2.45) is 5.92 Å². The van der Waals surface area contributed by atoms with Gasteiger partial charge in [-0.15, -0.1) is 0 Å². The van der Waals surface area contributed by atoms with Crippen molar-refractivity contribution in [2.75, 3.05) is 6.54 Å². The molecule has 100 valence electrons. The molecule has 1 amide bonds. The van der Waals surface area contributed by atoms with Crippen LogP contribution >= 0.6 is 15.9 Å². The van der Waals surface area contributed by atoms with Crippen molar-refractivity contribution < 1.29 is 4.79 Å². The van der Waals surface area contributed by atoms with Gasteiger partial charge in [-0.25, -0.2) is 0 Å². The molecule has 0 aliphatic heterocycles. The zero-order valence-corrected chi connectivity index (χ0v) is 13.0. The number of carbonyl (C=O) groups excluding carboxylic acids is 1. The Morgan fingerprint density at radius 2 is 1.89 bits per heavy atom. The summed E-state index contributed by atoms with van der Waals surface area (Å²) in [7, 11) is 0. The SMILES string of the molecule is Cc1ccc(CCC(=O)NCC(Br)C(C)C)cc1. The largest absolute Gasteiger partial charge is 0.355 e. The zero-order chi connectivity index (χ0) is 13.5. The first-order valence-corrected chi connectivity index (χ1v) is 7.37. The normalized spacial score (nSPS) is 12.5. The molecule has 0 bridgehead atoms. The predicted molar refractivity (Wildman–Crippen MR) is 80.1 cm³/mol. The second kappa shape index (κ2) is 7.57. The van der Waals surface area contributed by atoms with Crippen molar-refractivity contribution in [3.63, 3.8) is 0 Å². The first-order chi connectivity index (χ1) is 8.49. The summed E-state index contributed by atoms with van der Waals surface area (Å²) in [6, 6.07) is 8.34. The quantitative estimate of drug-likeness (QED) is 0.801. The van der Waals surface area contributed by atoms with E-state index in [0.29, 0.717) is 23.7 Å². The third kappa shape index (κ3) is 5.67. The van der Waals surface area contributed by atoms with Crippen LogP contribution in [0, 0.1) is 12.8 Å². The second-order valence-electron chi connectivity index (χ2n) is 5.05. The van der Waals surface area contributed by atoms with E-state index in [-0.39, 0.29) is 5.91 Å². The van der Waals surface area contributed by atoms with Crippen LogP contribution in [0.25, 0.3) is 0 Å². The van der Waals surface area contributed by atoms with E-state index < -0.39 is 0 Å². The maximum absolute atomic E-state index is 11.7. The van der Waals surface area contributed by atoms with Gasteiger partial charge in [0.25, 0.3) is 0 Å². The van der Waals surface area contributed by atoms with Crippen LogP contribution < -0.4 is 5.32 Å². The highest BCUT2D eigenvalue weighted by Gasteiger charge is 2.10. The van der Waals surface area contributed by atoms with Gasteiger partial charge in [0, 0.05) is 17.8 Å². The van der Waals surface area contributed by atoms with Gasteiger partial charge in [0.1, 0.15) is 0 Å². The molecule has 0 radical (unpaired) electrons. The van der Waals surface area contributed by atoms with Gasteiger partial charge in [-0.3, -0.25) is 4.79 Å². The van der Waals surface area contributed by atoms with E-state index >= 15 is 0 Å². The van der Waals surface area contributed by atoms with Crippen LogP contribution in [0.3, 0.4) is 0 Å². The van der Waals surface area contributed by atoms with Crippen LogP contribution in [0.2, 0.25) is 0 Å². The van der Waals surface area contributed by atoms with Crippen molar-refractivity contribution in [3.05, 3.63) is 35.4 Å². The number of alkyl halides is 1. The minimum Gasteiger partial charge on any atom is -0.355 e. The maximum Gasteiger partial charge on any atom is 0.220 e. The molecule has 0 aliphatic carbocycles. The Morgan fingerprint density at radius 3 is 2.44 bits per heavy atom. The Balaban J connectivity index is 2.27. The molecule has 0 saturated carbocycles. The summed E-state index contributed by atoms with van der Waals surface area (Å²) in [5.41, 5.74) is 2.47. The van der Waals surface area contributed by atoms with E-state index in [0.717, 1.165) is 6.42 Å².